The lowest BCUT2D eigenvalue weighted by atomic mass is 10.1. The maximum absolute atomic E-state index is 12.9. The van der Waals surface area contributed by atoms with Gasteiger partial charge in [0.05, 0.1) is 0 Å². The predicted molar refractivity (Wildman–Crippen MR) is 334 cm³/mol. The van der Waals surface area contributed by atoms with Gasteiger partial charge in [-0.15, -0.1) is 0 Å². The van der Waals surface area contributed by atoms with Crippen LogP contribution in [0.4, 0.5) is 0 Å². The summed E-state index contributed by atoms with van der Waals surface area (Å²) >= 11 is 0. The van der Waals surface area contributed by atoms with Crippen LogP contribution in [0.5, 0.6) is 0 Å². The Hall–Kier alpha value is -5.49. The van der Waals surface area contributed by atoms with E-state index in [1.54, 1.807) is 0 Å². The number of unbranched alkanes of at least 4 members (excludes halogenated alkanes) is 11. The summed E-state index contributed by atoms with van der Waals surface area (Å²) < 4.78 is 16.8. The Balaban J connectivity index is 4.53. The van der Waals surface area contributed by atoms with E-state index in [0.29, 0.717) is 12.8 Å². The SMILES string of the molecule is CC/C=C\C/C=C\C/C=C\C/C=C\C/C=C\C/C=C\C/C=C\CCCCCC(=O)OCC(COC(=O)CCCCC/C=C\C/C=C\C/C=C\CC)OC(=O)CCCCCCC/C=C\C/C=C\C/C=C\C/C=C\C/C=C\CC. The highest BCUT2D eigenvalue weighted by atomic mass is 16.6. The second-order valence-corrected chi connectivity index (χ2v) is 19.1. The first-order valence-electron chi connectivity index (χ1n) is 30.3. The summed E-state index contributed by atoms with van der Waals surface area (Å²) in [6, 6.07) is 0. The maximum atomic E-state index is 12.9. The molecule has 0 fully saturated rings. The summed E-state index contributed by atoms with van der Waals surface area (Å²) in [5.41, 5.74) is 0. The van der Waals surface area contributed by atoms with Crippen LogP contribution < -0.4 is 0 Å². The van der Waals surface area contributed by atoms with Gasteiger partial charge in [-0.25, -0.2) is 0 Å². The van der Waals surface area contributed by atoms with Gasteiger partial charge in [-0.2, -0.15) is 0 Å². The van der Waals surface area contributed by atoms with Gasteiger partial charge >= 0.3 is 17.9 Å². The number of esters is 3. The van der Waals surface area contributed by atoms with E-state index in [0.717, 1.165) is 186 Å². The van der Waals surface area contributed by atoms with Gasteiger partial charge in [0.2, 0.25) is 0 Å². The van der Waals surface area contributed by atoms with E-state index >= 15 is 0 Å². The quantitative estimate of drug-likeness (QED) is 0.0261. The molecule has 0 aliphatic carbocycles. The molecule has 0 aromatic carbocycles. The number of carbonyl (C=O) groups is 3. The molecule has 0 heterocycles. The highest BCUT2D eigenvalue weighted by Gasteiger charge is 2.19. The van der Waals surface area contributed by atoms with E-state index in [1.807, 2.05) is 0 Å². The van der Waals surface area contributed by atoms with Gasteiger partial charge in [0.25, 0.3) is 0 Å². The van der Waals surface area contributed by atoms with E-state index in [-0.39, 0.29) is 37.5 Å². The summed E-state index contributed by atoms with van der Waals surface area (Å²) in [5.74, 6) is -1.01. The van der Waals surface area contributed by atoms with Crippen LogP contribution in [-0.2, 0) is 28.6 Å². The fourth-order valence-electron chi connectivity index (χ4n) is 7.46. The first-order chi connectivity index (χ1) is 38.0. The molecule has 0 aliphatic heterocycles. The van der Waals surface area contributed by atoms with Crippen LogP contribution in [-0.4, -0.2) is 37.2 Å². The van der Waals surface area contributed by atoms with E-state index in [4.69, 9.17) is 14.2 Å². The molecule has 77 heavy (non-hydrogen) atoms. The third kappa shape index (κ3) is 61.2. The molecular weight excluding hydrogens is 949 g/mol. The van der Waals surface area contributed by atoms with Crippen LogP contribution >= 0.6 is 0 Å². The fraction of sp³-hybridized carbons (Fsp3) is 0.535. The van der Waals surface area contributed by atoms with Crippen molar-refractivity contribution in [2.24, 2.45) is 0 Å². The minimum absolute atomic E-state index is 0.122. The van der Waals surface area contributed by atoms with Gasteiger partial charge in [-0.05, 0) is 154 Å². The standard InChI is InChI=1S/C71H108O6/c1-4-7-10-13-16-19-22-25-27-29-31-33-34-35-36-38-39-41-43-46-49-52-55-58-61-64-70(73)76-67-68(66-75-69(72)63-60-57-54-51-48-45-24-21-18-15-12-9-6-3)77-71(74)65-62-59-56-53-50-47-44-42-40-37-32-30-28-26-23-20-17-14-11-8-5-2/h7-12,16-21,25-28,31-33,35-37,39,41-42,44-46,48-49,68H,4-6,13-15,22-24,29-30,34,38,40,43,47,50-67H2,1-3H3/b10-7-,11-8-,12-9-,19-16-,20-17-,21-18-,27-25-,28-26-,33-31-,36-35-,37-32-,41-39-,44-42-,48-45-,49-46-. The Morgan fingerprint density at radius 3 is 0.740 bits per heavy atom. The Morgan fingerprint density at radius 1 is 0.260 bits per heavy atom. The third-order valence-electron chi connectivity index (χ3n) is 11.9. The molecule has 0 saturated heterocycles. The van der Waals surface area contributed by atoms with Gasteiger partial charge < -0.3 is 14.2 Å². The molecule has 6 heteroatoms. The van der Waals surface area contributed by atoms with Crippen molar-refractivity contribution < 1.29 is 28.6 Å². The topological polar surface area (TPSA) is 78.9 Å². The zero-order valence-corrected chi connectivity index (χ0v) is 48.9. The molecule has 1 atom stereocenters. The van der Waals surface area contributed by atoms with Gasteiger partial charge in [-0.1, -0.05) is 235 Å². The van der Waals surface area contributed by atoms with E-state index in [9.17, 15) is 14.4 Å². The fourth-order valence-corrected chi connectivity index (χ4v) is 7.46. The first kappa shape index (κ1) is 71.5. The van der Waals surface area contributed by atoms with Crippen LogP contribution in [0.3, 0.4) is 0 Å². The second-order valence-electron chi connectivity index (χ2n) is 19.1. The van der Waals surface area contributed by atoms with Crippen molar-refractivity contribution in [1.29, 1.82) is 0 Å². The van der Waals surface area contributed by atoms with Gasteiger partial charge in [0.15, 0.2) is 6.10 Å². The molecule has 0 aromatic heterocycles. The Morgan fingerprint density at radius 2 is 0.468 bits per heavy atom. The monoisotopic (exact) mass is 1060 g/mol. The highest BCUT2D eigenvalue weighted by molar-refractivity contribution is 5.71. The summed E-state index contributed by atoms with van der Waals surface area (Å²) in [4.78, 5) is 38.2. The van der Waals surface area contributed by atoms with E-state index in [2.05, 4.69) is 203 Å². The molecule has 0 aromatic rings. The minimum Gasteiger partial charge on any atom is -0.462 e. The summed E-state index contributed by atoms with van der Waals surface area (Å²) in [6.07, 6.45) is 94.6. The molecule has 0 spiro atoms. The largest absolute Gasteiger partial charge is 0.462 e. The smallest absolute Gasteiger partial charge is 0.306 e. The number of hydrogen-bond donors (Lipinski definition) is 0. The number of hydrogen-bond acceptors (Lipinski definition) is 6. The van der Waals surface area contributed by atoms with Crippen LogP contribution in [0, 0.1) is 0 Å². The van der Waals surface area contributed by atoms with Crippen molar-refractivity contribution >= 4 is 17.9 Å². The molecule has 0 saturated carbocycles. The Bertz CT molecular complexity index is 1840. The average molecular weight is 1060 g/mol. The molecule has 0 amide bonds. The second kappa shape index (κ2) is 63.0. The molecule has 0 N–H and O–H groups in total. The van der Waals surface area contributed by atoms with Crippen LogP contribution in [0.15, 0.2) is 182 Å². The molecule has 0 aliphatic rings. The lowest BCUT2D eigenvalue weighted by molar-refractivity contribution is -0.167. The Kier molecular flexibility index (Phi) is 58.6. The molecular formula is C71H108O6. The molecule has 428 valence electrons. The highest BCUT2D eigenvalue weighted by Crippen LogP contribution is 2.12. The summed E-state index contributed by atoms with van der Waals surface area (Å²) in [5, 5.41) is 0. The lowest BCUT2D eigenvalue weighted by Gasteiger charge is -2.18. The van der Waals surface area contributed by atoms with Crippen molar-refractivity contribution in [2.45, 2.75) is 232 Å². The van der Waals surface area contributed by atoms with Crippen molar-refractivity contribution in [3.8, 4) is 0 Å². The normalized spacial score (nSPS) is 13.4. The molecule has 0 rings (SSSR count). The van der Waals surface area contributed by atoms with E-state index in [1.165, 1.54) is 0 Å². The molecule has 0 radical (unpaired) electrons. The van der Waals surface area contributed by atoms with Crippen molar-refractivity contribution in [3.63, 3.8) is 0 Å². The zero-order chi connectivity index (χ0) is 55.7. The van der Waals surface area contributed by atoms with Crippen LogP contribution in [0.2, 0.25) is 0 Å². The van der Waals surface area contributed by atoms with Gasteiger partial charge in [0, 0.05) is 19.3 Å². The minimum atomic E-state index is -0.827. The van der Waals surface area contributed by atoms with Gasteiger partial charge in [0.1, 0.15) is 13.2 Å². The average Bonchev–Trinajstić information content (AvgIpc) is 3.43. The zero-order valence-electron chi connectivity index (χ0n) is 48.9. The maximum Gasteiger partial charge on any atom is 0.306 e. The number of carbonyl (C=O) groups excluding carboxylic acids is 3. The van der Waals surface area contributed by atoms with Gasteiger partial charge in [-0.3, -0.25) is 14.4 Å². The lowest BCUT2D eigenvalue weighted by Crippen LogP contribution is -2.30. The first-order valence-corrected chi connectivity index (χ1v) is 30.3. The molecule has 1 unspecified atom stereocenters. The molecule has 0 bridgehead atoms. The predicted octanol–water partition coefficient (Wildman–Crippen LogP) is 20.9. The number of ether oxygens (including phenoxy) is 3. The summed E-state index contributed by atoms with van der Waals surface area (Å²) in [6.45, 7) is 6.21. The van der Waals surface area contributed by atoms with E-state index < -0.39 is 6.10 Å². The van der Waals surface area contributed by atoms with Crippen LogP contribution in [0.25, 0.3) is 0 Å². The van der Waals surface area contributed by atoms with Crippen LogP contribution in [0.1, 0.15) is 226 Å². The number of allylic oxidation sites excluding steroid dienone is 30. The third-order valence-corrected chi connectivity index (χ3v) is 11.9. The van der Waals surface area contributed by atoms with Crippen molar-refractivity contribution in [2.75, 3.05) is 13.2 Å². The number of rotatable bonds is 52. The Labute approximate surface area is 472 Å². The molecule has 6 nitrogen and oxygen atoms in total. The van der Waals surface area contributed by atoms with Crippen molar-refractivity contribution in [3.05, 3.63) is 182 Å². The van der Waals surface area contributed by atoms with Crippen molar-refractivity contribution in [1.82, 2.24) is 0 Å². The summed E-state index contributed by atoms with van der Waals surface area (Å²) in [7, 11) is 0.